The molecular weight excluding hydrogens is 392 g/mol. The fourth-order valence-corrected chi connectivity index (χ4v) is 2.60. The number of amides is 1. The zero-order valence-corrected chi connectivity index (χ0v) is 16.2. The Bertz CT molecular complexity index is 1070. The van der Waals surface area contributed by atoms with Gasteiger partial charge in [0.05, 0.1) is 17.7 Å². The number of carbonyl (C=O) groups is 2. The van der Waals surface area contributed by atoms with E-state index in [9.17, 15) is 19.7 Å². The van der Waals surface area contributed by atoms with Gasteiger partial charge >= 0.3 is 5.97 Å². The van der Waals surface area contributed by atoms with Crippen molar-refractivity contribution >= 4 is 23.3 Å². The Kier molecular flexibility index (Phi) is 6.11. The van der Waals surface area contributed by atoms with E-state index in [4.69, 9.17) is 13.9 Å². The Morgan fingerprint density at radius 1 is 1.07 bits per heavy atom. The standard InChI is InChI=1S/C21H18N2O7/c1-13(20(24)22-16-5-3-4-6-18(16)28-2)29-21(25)19-12-11-17(30-19)14-7-9-15(10-8-14)23(26)27/h3-13H,1-2H3,(H,22,24)/t13-/m0/s1. The van der Waals surface area contributed by atoms with E-state index in [0.717, 1.165) is 0 Å². The Morgan fingerprint density at radius 2 is 1.77 bits per heavy atom. The van der Waals surface area contributed by atoms with Crippen LogP contribution in [0.15, 0.2) is 65.1 Å². The molecule has 0 unspecified atom stereocenters. The van der Waals surface area contributed by atoms with Crippen molar-refractivity contribution in [1.82, 2.24) is 0 Å². The number of carbonyl (C=O) groups excluding carboxylic acids is 2. The maximum atomic E-state index is 12.3. The summed E-state index contributed by atoms with van der Waals surface area (Å²) in [5, 5.41) is 13.4. The van der Waals surface area contributed by atoms with Gasteiger partial charge in [0.2, 0.25) is 5.76 Å². The molecule has 1 amide bonds. The van der Waals surface area contributed by atoms with Gasteiger partial charge in [0, 0.05) is 17.7 Å². The highest BCUT2D eigenvalue weighted by molar-refractivity contribution is 5.97. The van der Waals surface area contributed by atoms with E-state index in [1.54, 1.807) is 24.3 Å². The molecule has 0 spiro atoms. The number of methoxy groups -OCH3 is 1. The van der Waals surface area contributed by atoms with Gasteiger partial charge in [0.15, 0.2) is 6.10 Å². The summed E-state index contributed by atoms with van der Waals surface area (Å²) in [5.74, 6) is -0.632. The van der Waals surface area contributed by atoms with Crippen molar-refractivity contribution in [2.75, 3.05) is 12.4 Å². The monoisotopic (exact) mass is 410 g/mol. The summed E-state index contributed by atoms with van der Waals surface area (Å²) in [7, 11) is 1.48. The molecule has 9 heteroatoms. The largest absolute Gasteiger partial charge is 0.495 e. The van der Waals surface area contributed by atoms with E-state index in [1.165, 1.54) is 50.4 Å². The van der Waals surface area contributed by atoms with Crippen LogP contribution in [-0.2, 0) is 9.53 Å². The summed E-state index contributed by atoms with van der Waals surface area (Å²) in [6, 6.07) is 15.5. The Labute approximate surface area is 171 Å². The Balaban J connectivity index is 1.64. The number of non-ortho nitro benzene ring substituents is 1. The van der Waals surface area contributed by atoms with Crippen LogP contribution in [0.5, 0.6) is 5.75 Å². The van der Waals surface area contributed by atoms with E-state index >= 15 is 0 Å². The highest BCUT2D eigenvalue weighted by Crippen LogP contribution is 2.26. The van der Waals surface area contributed by atoms with E-state index < -0.39 is 22.9 Å². The lowest BCUT2D eigenvalue weighted by Crippen LogP contribution is -2.30. The molecule has 1 N–H and O–H groups in total. The second-order valence-corrected chi connectivity index (χ2v) is 6.20. The van der Waals surface area contributed by atoms with Crippen LogP contribution in [0.3, 0.4) is 0 Å². The number of hydrogen-bond acceptors (Lipinski definition) is 7. The molecule has 9 nitrogen and oxygen atoms in total. The zero-order valence-electron chi connectivity index (χ0n) is 16.2. The SMILES string of the molecule is COc1ccccc1NC(=O)[C@H](C)OC(=O)c1ccc(-c2ccc([N+](=O)[O-])cc2)o1. The van der Waals surface area contributed by atoms with Gasteiger partial charge in [-0.1, -0.05) is 12.1 Å². The van der Waals surface area contributed by atoms with Crippen molar-refractivity contribution < 1.29 is 28.4 Å². The summed E-state index contributed by atoms with van der Waals surface area (Å²) in [4.78, 5) is 34.9. The highest BCUT2D eigenvalue weighted by atomic mass is 16.6. The lowest BCUT2D eigenvalue weighted by Gasteiger charge is -2.14. The van der Waals surface area contributed by atoms with Crippen LogP contribution >= 0.6 is 0 Å². The van der Waals surface area contributed by atoms with Crippen LogP contribution in [0.2, 0.25) is 0 Å². The number of nitro benzene ring substituents is 1. The molecule has 1 aromatic heterocycles. The van der Waals surface area contributed by atoms with Crippen LogP contribution in [0.25, 0.3) is 11.3 Å². The summed E-state index contributed by atoms with van der Waals surface area (Å²) in [6.07, 6.45) is -1.09. The number of para-hydroxylation sites is 2. The first kappa shape index (κ1) is 20.6. The number of furan rings is 1. The summed E-state index contributed by atoms with van der Waals surface area (Å²) in [5.41, 5.74) is 0.952. The van der Waals surface area contributed by atoms with Crippen molar-refractivity contribution in [3.05, 3.63) is 76.5 Å². The number of nitro groups is 1. The summed E-state index contributed by atoms with van der Waals surface area (Å²) < 4.78 is 15.8. The number of anilines is 1. The zero-order chi connectivity index (χ0) is 21.7. The lowest BCUT2D eigenvalue weighted by atomic mass is 10.1. The third kappa shape index (κ3) is 4.64. The van der Waals surface area contributed by atoms with Crippen molar-refractivity contribution in [2.24, 2.45) is 0 Å². The predicted octanol–water partition coefficient (Wildman–Crippen LogP) is 4.05. The Hall–Kier alpha value is -4.14. The molecule has 0 saturated carbocycles. The van der Waals surface area contributed by atoms with E-state index in [0.29, 0.717) is 22.8 Å². The predicted molar refractivity (Wildman–Crippen MR) is 107 cm³/mol. The molecule has 0 saturated heterocycles. The summed E-state index contributed by atoms with van der Waals surface area (Å²) in [6.45, 7) is 1.43. The molecule has 154 valence electrons. The number of nitrogens with zero attached hydrogens (tertiary/aromatic N) is 1. The minimum atomic E-state index is -1.09. The fraction of sp³-hybridized carbons (Fsp3) is 0.143. The van der Waals surface area contributed by atoms with Crippen LogP contribution < -0.4 is 10.1 Å². The average molecular weight is 410 g/mol. The van der Waals surface area contributed by atoms with Gasteiger partial charge in [-0.25, -0.2) is 4.79 Å². The van der Waals surface area contributed by atoms with Crippen molar-refractivity contribution in [3.63, 3.8) is 0 Å². The van der Waals surface area contributed by atoms with Gasteiger partial charge in [-0.05, 0) is 43.3 Å². The number of hydrogen-bond donors (Lipinski definition) is 1. The number of ether oxygens (including phenoxy) is 2. The Morgan fingerprint density at radius 3 is 2.43 bits per heavy atom. The van der Waals surface area contributed by atoms with Crippen LogP contribution in [0.4, 0.5) is 11.4 Å². The van der Waals surface area contributed by atoms with Crippen LogP contribution in [-0.4, -0.2) is 30.0 Å². The minimum Gasteiger partial charge on any atom is -0.495 e. The topological polar surface area (TPSA) is 121 Å². The normalized spacial score (nSPS) is 11.4. The number of esters is 1. The second-order valence-electron chi connectivity index (χ2n) is 6.20. The molecule has 30 heavy (non-hydrogen) atoms. The maximum absolute atomic E-state index is 12.3. The third-order valence-corrected chi connectivity index (χ3v) is 4.19. The van der Waals surface area contributed by atoms with E-state index in [2.05, 4.69) is 5.32 Å². The number of rotatable bonds is 7. The van der Waals surface area contributed by atoms with Gasteiger partial charge in [-0.3, -0.25) is 14.9 Å². The lowest BCUT2D eigenvalue weighted by molar-refractivity contribution is -0.384. The molecule has 1 atom stereocenters. The molecule has 0 aliphatic heterocycles. The number of benzene rings is 2. The van der Waals surface area contributed by atoms with E-state index in [1.807, 2.05) is 0 Å². The first-order valence-corrected chi connectivity index (χ1v) is 8.88. The average Bonchev–Trinajstić information content (AvgIpc) is 3.24. The molecule has 0 radical (unpaired) electrons. The number of nitrogens with one attached hydrogen (secondary N) is 1. The minimum absolute atomic E-state index is 0.0557. The van der Waals surface area contributed by atoms with Crippen LogP contribution in [0.1, 0.15) is 17.5 Å². The van der Waals surface area contributed by atoms with E-state index in [-0.39, 0.29) is 11.4 Å². The van der Waals surface area contributed by atoms with Crippen molar-refractivity contribution in [3.8, 4) is 17.1 Å². The molecule has 2 aromatic carbocycles. The van der Waals surface area contributed by atoms with Crippen LogP contribution in [0, 0.1) is 10.1 Å². The molecule has 1 heterocycles. The summed E-state index contributed by atoms with van der Waals surface area (Å²) >= 11 is 0. The molecule has 0 bridgehead atoms. The maximum Gasteiger partial charge on any atom is 0.375 e. The first-order valence-electron chi connectivity index (χ1n) is 8.88. The quantitative estimate of drug-likeness (QED) is 0.354. The van der Waals surface area contributed by atoms with Crippen molar-refractivity contribution in [2.45, 2.75) is 13.0 Å². The molecule has 0 fully saturated rings. The van der Waals surface area contributed by atoms with Gasteiger partial charge in [-0.2, -0.15) is 0 Å². The van der Waals surface area contributed by atoms with Gasteiger partial charge in [-0.15, -0.1) is 0 Å². The third-order valence-electron chi connectivity index (χ3n) is 4.19. The van der Waals surface area contributed by atoms with Crippen molar-refractivity contribution in [1.29, 1.82) is 0 Å². The molecule has 0 aliphatic rings. The molecule has 0 aliphatic carbocycles. The molecule has 3 aromatic rings. The molecular formula is C21H18N2O7. The fourth-order valence-electron chi connectivity index (χ4n) is 2.60. The highest BCUT2D eigenvalue weighted by Gasteiger charge is 2.22. The smallest absolute Gasteiger partial charge is 0.375 e. The van der Waals surface area contributed by atoms with Gasteiger partial charge < -0.3 is 19.2 Å². The van der Waals surface area contributed by atoms with Gasteiger partial charge in [0.1, 0.15) is 11.5 Å². The second kappa shape index (κ2) is 8.91. The first-order chi connectivity index (χ1) is 14.4. The van der Waals surface area contributed by atoms with Gasteiger partial charge in [0.25, 0.3) is 11.6 Å². The molecule has 3 rings (SSSR count).